The van der Waals surface area contributed by atoms with Crippen molar-refractivity contribution in [2.75, 3.05) is 11.4 Å². The highest BCUT2D eigenvalue weighted by molar-refractivity contribution is 7.17. The molecule has 0 saturated carbocycles. The molecule has 0 bridgehead atoms. The molecule has 0 aliphatic carbocycles. The third kappa shape index (κ3) is 6.88. The predicted molar refractivity (Wildman–Crippen MR) is 159 cm³/mol. The Morgan fingerprint density at radius 1 is 1.17 bits per heavy atom. The maximum absolute atomic E-state index is 12.9. The smallest absolute Gasteiger partial charge is 0.249 e. The van der Waals surface area contributed by atoms with Crippen molar-refractivity contribution in [3.05, 3.63) is 50.9 Å². The van der Waals surface area contributed by atoms with E-state index in [1.807, 2.05) is 26.0 Å². The Hall–Kier alpha value is -3.90. The van der Waals surface area contributed by atoms with Crippen LogP contribution in [-0.2, 0) is 19.2 Å². The lowest BCUT2D eigenvalue weighted by atomic mass is 9.99. The van der Waals surface area contributed by atoms with Crippen LogP contribution in [0.1, 0.15) is 60.6 Å². The average molecular weight is 598 g/mol. The first kappa shape index (κ1) is 30.1. The number of unbranched alkanes of at least 4 members (excludes halogenated alkanes) is 1. The van der Waals surface area contributed by atoms with Crippen LogP contribution in [-0.4, -0.2) is 59.6 Å². The van der Waals surface area contributed by atoms with E-state index in [0.29, 0.717) is 30.1 Å². The van der Waals surface area contributed by atoms with E-state index in [-0.39, 0.29) is 42.7 Å². The number of amides is 4. The van der Waals surface area contributed by atoms with Gasteiger partial charge in [-0.15, -0.1) is 11.3 Å². The average Bonchev–Trinajstić information content (AvgIpc) is 3.33. The fourth-order valence-corrected chi connectivity index (χ4v) is 6.06. The summed E-state index contributed by atoms with van der Waals surface area (Å²) in [7, 11) is 0. The largest absolute Gasteiger partial charge is 0.356 e. The molecule has 2 aliphatic heterocycles. The summed E-state index contributed by atoms with van der Waals surface area (Å²) in [4.78, 5) is 55.4. The van der Waals surface area contributed by atoms with Crippen LogP contribution >= 0.6 is 22.9 Å². The molecule has 1 aromatic heterocycles. The lowest BCUT2D eigenvalue weighted by Crippen LogP contribution is -2.42. The Kier molecular flexibility index (Phi) is 9.34. The normalized spacial score (nSPS) is 18.4. The van der Waals surface area contributed by atoms with Crippen molar-refractivity contribution in [3.8, 4) is 0 Å². The summed E-state index contributed by atoms with van der Waals surface area (Å²) in [6.07, 6.45) is 1.02. The van der Waals surface area contributed by atoms with E-state index in [1.165, 1.54) is 11.3 Å². The van der Waals surface area contributed by atoms with E-state index in [2.05, 4.69) is 16.0 Å². The van der Waals surface area contributed by atoms with Crippen LogP contribution in [0.3, 0.4) is 0 Å². The molecule has 4 rings (SSSR count). The first-order valence-electron chi connectivity index (χ1n) is 13.2. The molecule has 1 saturated heterocycles. The second-order valence-electron chi connectivity index (χ2n) is 10.0. The van der Waals surface area contributed by atoms with E-state index >= 15 is 0 Å². The van der Waals surface area contributed by atoms with Gasteiger partial charge in [0.15, 0.2) is 0 Å². The highest BCUT2D eigenvalue weighted by Crippen LogP contribution is 2.40. The van der Waals surface area contributed by atoms with E-state index in [4.69, 9.17) is 27.4 Å². The van der Waals surface area contributed by atoms with Gasteiger partial charge in [0, 0.05) is 34.0 Å². The molecule has 0 unspecified atom stereocenters. The van der Waals surface area contributed by atoms with Crippen LogP contribution in [0.25, 0.3) is 0 Å². The number of thiophene rings is 1. The minimum absolute atomic E-state index is 0.0465. The molecule has 41 heavy (non-hydrogen) atoms. The number of nitrogens with zero attached hydrogens (tertiary/aromatic N) is 2. The summed E-state index contributed by atoms with van der Waals surface area (Å²) in [5.74, 6) is -1.33. The second-order valence-corrected chi connectivity index (χ2v) is 11.7. The molecule has 1 fully saturated rings. The summed E-state index contributed by atoms with van der Waals surface area (Å²) < 4.78 is 0. The standard InChI is InChI=1S/C28H32ClN7O4S/c1-14-15(2)41-28-24(14)25(17-7-9-18(29)10-8-17)34-19(26(31)36(28)16(3)30)12-22(38)32-11-5-4-6-21(37)33-20-13-23(39)35-27(20)40/h7-10,19-20,30-31H,4-6,11-13H2,1-3H3,(H,32,38)(H,33,37)(H,35,39,40)/t19-,20+/m1/s1. The summed E-state index contributed by atoms with van der Waals surface area (Å²) in [6.45, 7) is 5.92. The number of aliphatic imine (C=N–C) groups is 1. The Bertz CT molecular complexity index is 1450. The molecule has 0 radical (unpaired) electrons. The molecule has 216 valence electrons. The summed E-state index contributed by atoms with van der Waals surface area (Å²) in [5, 5.41) is 26.2. The van der Waals surface area contributed by atoms with Gasteiger partial charge in [-0.25, -0.2) is 0 Å². The van der Waals surface area contributed by atoms with Gasteiger partial charge in [-0.3, -0.25) is 45.2 Å². The van der Waals surface area contributed by atoms with E-state index < -0.39 is 23.9 Å². The van der Waals surface area contributed by atoms with Gasteiger partial charge in [-0.05, 0) is 51.3 Å². The van der Waals surface area contributed by atoms with Crippen molar-refractivity contribution in [2.45, 2.75) is 65.0 Å². The lowest BCUT2D eigenvalue weighted by molar-refractivity contribution is -0.128. The number of fused-ring (bicyclic) bond motifs is 1. The van der Waals surface area contributed by atoms with Gasteiger partial charge in [0.1, 0.15) is 28.8 Å². The predicted octanol–water partition coefficient (Wildman–Crippen LogP) is 3.23. The Labute approximate surface area is 246 Å². The fraction of sp³-hybridized carbons (Fsp3) is 0.393. The molecule has 1 aromatic carbocycles. The number of nitrogens with one attached hydrogen (secondary N) is 5. The quantitative estimate of drug-likeness (QED) is 0.129. The number of rotatable bonds is 9. The maximum atomic E-state index is 12.9. The number of imide groups is 1. The van der Waals surface area contributed by atoms with Gasteiger partial charge < -0.3 is 10.6 Å². The van der Waals surface area contributed by atoms with Crippen LogP contribution in [0.15, 0.2) is 29.3 Å². The molecular formula is C28H32ClN7O4S. The van der Waals surface area contributed by atoms with Gasteiger partial charge in [0.2, 0.25) is 23.6 Å². The number of carbonyl (C=O) groups is 4. The van der Waals surface area contributed by atoms with Gasteiger partial charge in [0.05, 0.1) is 18.6 Å². The Balaban J connectivity index is 1.42. The molecule has 2 aromatic rings. The number of amidine groups is 2. The topological polar surface area (TPSA) is 168 Å². The van der Waals surface area contributed by atoms with Crippen molar-refractivity contribution >= 4 is 69.0 Å². The number of anilines is 1. The first-order chi connectivity index (χ1) is 19.5. The highest BCUT2D eigenvalue weighted by atomic mass is 35.5. The van der Waals surface area contributed by atoms with Gasteiger partial charge in [-0.1, -0.05) is 23.7 Å². The third-order valence-electron chi connectivity index (χ3n) is 6.94. The van der Waals surface area contributed by atoms with Crippen molar-refractivity contribution in [1.82, 2.24) is 16.0 Å². The van der Waals surface area contributed by atoms with Crippen molar-refractivity contribution in [3.63, 3.8) is 0 Å². The number of carbonyl (C=O) groups excluding carboxylic acids is 4. The fourth-order valence-electron chi connectivity index (χ4n) is 4.71. The van der Waals surface area contributed by atoms with E-state index in [1.54, 1.807) is 24.0 Å². The zero-order valence-corrected chi connectivity index (χ0v) is 24.6. The van der Waals surface area contributed by atoms with Gasteiger partial charge >= 0.3 is 0 Å². The van der Waals surface area contributed by atoms with Crippen LogP contribution in [0, 0.1) is 24.7 Å². The molecule has 3 heterocycles. The third-order valence-corrected chi connectivity index (χ3v) is 8.38. The molecule has 5 N–H and O–H groups in total. The van der Waals surface area contributed by atoms with E-state index in [9.17, 15) is 19.2 Å². The maximum Gasteiger partial charge on any atom is 0.249 e. The first-order valence-corrected chi connectivity index (χ1v) is 14.4. The lowest BCUT2D eigenvalue weighted by Gasteiger charge is -2.24. The molecular weight excluding hydrogens is 566 g/mol. The molecule has 11 nitrogen and oxygen atoms in total. The Morgan fingerprint density at radius 2 is 1.88 bits per heavy atom. The van der Waals surface area contributed by atoms with Gasteiger partial charge in [-0.2, -0.15) is 0 Å². The van der Waals surface area contributed by atoms with Crippen molar-refractivity contribution in [2.24, 2.45) is 4.99 Å². The number of halogens is 1. The molecule has 2 aliphatic rings. The Morgan fingerprint density at radius 3 is 2.51 bits per heavy atom. The number of hydrogen-bond acceptors (Lipinski definition) is 8. The second kappa shape index (κ2) is 12.7. The van der Waals surface area contributed by atoms with Crippen LogP contribution < -0.4 is 20.9 Å². The van der Waals surface area contributed by atoms with Crippen LogP contribution in [0.4, 0.5) is 5.00 Å². The molecule has 2 atom stereocenters. The van der Waals surface area contributed by atoms with Crippen molar-refractivity contribution < 1.29 is 19.2 Å². The van der Waals surface area contributed by atoms with E-state index in [0.717, 1.165) is 26.6 Å². The molecule has 4 amide bonds. The van der Waals surface area contributed by atoms with Crippen molar-refractivity contribution in [1.29, 1.82) is 10.8 Å². The summed E-state index contributed by atoms with van der Waals surface area (Å²) >= 11 is 7.62. The van der Waals surface area contributed by atoms with Gasteiger partial charge in [0.25, 0.3) is 0 Å². The highest BCUT2D eigenvalue weighted by Gasteiger charge is 2.35. The zero-order valence-electron chi connectivity index (χ0n) is 23.0. The summed E-state index contributed by atoms with van der Waals surface area (Å²) in [6, 6.07) is 5.60. The summed E-state index contributed by atoms with van der Waals surface area (Å²) in [5.41, 5.74) is 3.30. The minimum Gasteiger partial charge on any atom is -0.356 e. The minimum atomic E-state index is -0.829. The number of hydrogen-bond donors (Lipinski definition) is 5. The SMILES string of the molecule is CC(=N)N1C(=N)[C@@H](CC(=O)NCCCCC(=O)N[C@H]2CC(=O)NC2=O)N=C(c2ccc(Cl)cc2)c2c1sc(C)c2C. The monoisotopic (exact) mass is 597 g/mol. The van der Waals surface area contributed by atoms with Crippen LogP contribution in [0.2, 0.25) is 5.02 Å². The number of aryl methyl sites for hydroxylation is 1. The van der Waals surface area contributed by atoms with Crippen LogP contribution in [0.5, 0.6) is 0 Å². The molecule has 0 spiro atoms. The number of benzene rings is 1. The molecule has 13 heteroatoms. The zero-order chi connectivity index (χ0) is 29.8.